The Morgan fingerprint density at radius 3 is 2.34 bits per heavy atom. The fourth-order valence-corrected chi connectivity index (χ4v) is 6.35. The minimum absolute atomic E-state index is 0.00888. The average molecular weight is 478 g/mol. The summed E-state index contributed by atoms with van der Waals surface area (Å²) in [6, 6.07) is 11.2. The summed E-state index contributed by atoms with van der Waals surface area (Å²) in [5.74, 6) is 0.00888. The molecule has 8 nitrogen and oxygen atoms in total. The number of carbonyl (C=O) groups is 1. The number of non-ortho nitro benzene ring substituents is 1. The van der Waals surface area contributed by atoms with Gasteiger partial charge in [0.2, 0.25) is 15.9 Å². The zero-order valence-corrected chi connectivity index (χ0v) is 19.2. The lowest BCUT2D eigenvalue weighted by molar-refractivity contribution is -0.385. The van der Waals surface area contributed by atoms with Gasteiger partial charge in [0.25, 0.3) is 5.69 Å². The Kier molecular flexibility index (Phi) is 6.00. The minimum atomic E-state index is -3.91. The summed E-state index contributed by atoms with van der Waals surface area (Å²) in [4.78, 5) is 25.6. The molecule has 0 spiro atoms. The average Bonchev–Trinajstić information content (AvgIpc) is 2.73. The van der Waals surface area contributed by atoms with E-state index in [1.165, 1.54) is 16.4 Å². The zero-order chi connectivity index (χ0) is 23.1. The fraction of sp³-hybridized carbons (Fsp3) is 0.409. The molecule has 0 atom stereocenters. The maximum atomic E-state index is 13.5. The molecular weight excluding hydrogens is 454 g/mol. The molecule has 2 aromatic rings. The lowest BCUT2D eigenvalue weighted by Gasteiger charge is -2.46. The van der Waals surface area contributed by atoms with Crippen LogP contribution in [0.3, 0.4) is 0 Å². The molecule has 0 unspecified atom stereocenters. The Balaban J connectivity index is 1.51. The molecule has 0 radical (unpaired) electrons. The van der Waals surface area contributed by atoms with E-state index in [0.29, 0.717) is 10.6 Å². The van der Waals surface area contributed by atoms with Gasteiger partial charge in [-0.25, -0.2) is 8.42 Å². The van der Waals surface area contributed by atoms with Crippen molar-refractivity contribution in [2.24, 2.45) is 0 Å². The Bertz CT molecular complexity index is 1170. The first-order valence-corrected chi connectivity index (χ1v) is 12.3. The Morgan fingerprint density at radius 1 is 1.09 bits per heavy atom. The van der Waals surface area contributed by atoms with Gasteiger partial charge in [0, 0.05) is 43.3 Å². The number of nitro benzene ring substituents is 1. The number of amides is 1. The van der Waals surface area contributed by atoms with Crippen LogP contribution in [0.25, 0.3) is 0 Å². The SMILES string of the molecule is Cc1ccc([N+](=O)[O-])cc1S(=O)(=O)N1CCN(C(=O)C2(c3cccc(Cl)c3)CCC2)CC1. The van der Waals surface area contributed by atoms with Gasteiger partial charge in [0.15, 0.2) is 0 Å². The van der Waals surface area contributed by atoms with Crippen LogP contribution in [0.2, 0.25) is 5.02 Å². The summed E-state index contributed by atoms with van der Waals surface area (Å²) in [7, 11) is -3.91. The first-order chi connectivity index (χ1) is 15.1. The van der Waals surface area contributed by atoms with Gasteiger partial charge in [-0.2, -0.15) is 4.31 Å². The third-order valence-corrected chi connectivity index (χ3v) is 8.80. The number of sulfonamides is 1. The molecule has 1 aliphatic heterocycles. The Labute approximate surface area is 192 Å². The number of aryl methyl sites for hydroxylation is 1. The molecule has 0 N–H and O–H groups in total. The molecule has 10 heteroatoms. The van der Waals surface area contributed by atoms with E-state index in [4.69, 9.17) is 11.6 Å². The summed E-state index contributed by atoms with van der Waals surface area (Å²) < 4.78 is 27.6. The highest BCUT2D eigenvalue weighted by atomic mass is 35.5. The van der Waals surface area contributed by atoms with Crippen LogP contribution >= 0.6 is 11.6 Å². The van der Waals surface area contributed by atoms with Crippen molar-refractivity contribution in [1.82, 2.24) is 9.21 Å². The van der Waals surface area contributed by atoms with E-state index in [0.717, 1.165) is 30.9 Å². The largest absolute Gasteiger partial charge is 0.339 e. The highest BCUT2D eigenvalue weighted by Crippen LogP contribution is 2.46. The highest BCUT2D eigenvalue weighted by Gasteiger charge is 2.48. The van der Waals surface area contributed by atoms with E-state index in [1.807, 2.05) is 18.2 Å². The maximum Gasteiger partial charge on any atom is 0.270 e. The first-order valence-electron chi connectivity index (χ1n) is 10.5. The third kappa shape index (κ3) is 3.89. The van der Waals surface area contributed by atoms with Crippen molar-refractivity contribution in [2.75, 3.05) is 26.2 Å². The van der Waals surface area contributed by atoms with Crippen molar-refractivity contribution >= 4 is 33.2 Å². The minimum Gasteiger partial charge on any atom is -0.339 e. The van der Waals surface area contributed by atoms with E-state index in [-0.39, 0.29) is 42.7 Å². The van der Waals surface area contributed by atoms with Crippen LogP contribution in [-0.4, -0.2) is 54.6 Å². The van der Waals surface area contributed by atoms with Crippen LogP contribution in [0.15, 0.2) is 47.4 Å². The number of carbonyl (C=O) groups excluding carboxylic acids is 1. The molecule has 2 aliphatic rings. The third-order valence-electron chi connectivity index (χ3n) is 6.52. The van der Waals surface area contributed by atoms with Crippen LogP contribution in [0.1, 0.15) is 30.4 Å². The summed E-state index contributed by atoms with van der Waals surface area (Å²) in [5, 5.41) is 11.7. The number of benzene rings is 2. The van der Waals surface area contributed by atoms with E-state index >= 15 is 0 Å². The molecule has 32 heavy (non-hydrogen) atoms. The molecule has 0 aromatic heterocycles. The second-order valence-electron chi connectivity index (χ2n) is 8.35. The second-order valence-corrected chi connectivity index (χ2v) is 10.7. The van der Waals surface area contributed by atoms with Crippen LogP contribution in [-0.2, 0) is 20.2 Å². The van der Waals surface area contributed by atoms with Crippen molar-refractivity contribution in [3.63, 3.8) is 0 Å². The van der Waals surface area contributed by atoms with Gasteiger partial charge >= 0.3 is 0 Å². The summed E-state index contributed by atoms with van der Waals surface area (Å²) in [6.45, 7) is 2.44. The van der Waals surface area contributed by atoms with Crippen LogP contribution < -0.4 is 0 Å². The molecule has 2 aromatic carbocycles. The number of rotatable bonds is 5. The molecule has 1 saturated heterocycles. The van der Waals surface area contributed by atoms with Crippen molar-refractivity contribution in [3.8, 4) is 0 Å². The maximum absolute atomic E-state index is 13.5. The number of halogens is 1. The predicted octanol–water partition coefficient (Wildman–Crippen LogP) is 3.51. The molecule has 4 rings (SSSR count). The smallest absolute Gasteiger partial charge is 0.270 e. The molecule has 1 saturated carbocycles. The molecule has 170 valence electrons. The van der Waals surface area contributed by atoms with Gasteiger partial charge in [0.1, 0.15) is 0 Å². The molecular formula is C22H24ClN3O5S. The van der Waals surface area contributed by atoms with Gasteiger partial charge in [0.05, 0.1) is 15.2 Å². The highest BCUT2D eigenvalue weighted by molar-refractivity contribution is 7.89. The number of hydrogen-bond donors (Lipinski definition) is 0. The number of nitro groups is 1. The van der Waals surface area contributed by atoms with Crippen molar-refractivity contribution in [3.05, 3.63) is 68.7 Å². The molecule has 2 fully saturated rings. The van der Waals surface area contributed by atoms with Gasteiger partial charge < -0.3 is 4.90 Å². The van der Waals surface area contributed by atoms with E-state index in [9.17, 15) is 23.3 Å². The first kappa shape index (κ1) is 22.7. The van der Waals surface area contributed by atoms with E-state index < -0.39 is 20.4 Å². The normalized spacial score (nSPS) is 18.8. The van der Waals surface area contributed by atoms with Gasteiger partial charge in [-0.3, -0.25) is 14.9 Å². The summed E-state index contributed by atoms with van der Waals surface area (Å²) in [5.41, 5.74) is 0.492. The van der Waals surface area contributed by atoms with E-state index in [1.54, 1.807) is 17.9 Å². The number of piperazine rings is 1. The lowest BCUT2D eigenvalue weighted by Crippen LogP contribution is -2.57. The van der Waals surface area contributed by atoms with Gasteiger partial charge in [-0.05, 0) is 43.0 Å². The Hall–Kier alpha value is -2.49. The van der Waals surface area contributed by atoms with Crippen LogP contribution in [0.4, 0.5) is 5.69 Å². The van der Waals surface area contributed by atoms with Crippen molar-refractivity contribution < 1.29 is 18.1 Å². The lowest BCUT2D eigenvalue weighted by atomic mass is 9.63. The second kappa shape index (κ2) is 8.46. The number of hydrogen-bond acceptors (Lipinski definition) is 5. The fourth-order valence-electron chi connectivity index (χ4n) is 4.50. The number of nitrogens with zero attached hydrogens (tertiary/aromatic N) is 3. The van der Waals surface area contributed by atoms with E-state index in [2.05, 4.69) is 0 Å². The molecule has 1 heterocycles. The standard InChI is InChI=1S/C22H24ClN3O5S/c1-16-6-7-19(26(28)29)15-20(16)32(30,31)25-12-10-24(11-13-25)21(27)22(8-3-9-22)17-4-2-5-18(23)14-17/h2,4-7,14-15H,3,8-13H2,1H3. The quantitative estimate of drug-likeness (QED) is 0.484. The monoisotopic (exact) mass is 477 g/mol. The zero-order valence-electron chi connectivity index (χ0n) is 17.7. The van der Waals surface area contributed by atoms with Gasteiger partial charge in [-0.15, -0.1) is 0 Å². The summed E-state index contributed by atoms with van der Waals surface area (Å²) in [6.07, 6.45) is 2.45. The molecule has 0 bridgehead atoms. The summed E-state index contributed by atoms with van der Waals surface area (Å²) >= 11 is 6.15. The predicted molar refractivity (Wildman–Crippen MR) is 120 cm³/mol. The van der Waals surface area contributed by atoms with Crippen LogP contribution in [0.5, 0.6) is 0 Å². The van der Waals surface area contributed by atoms with Crippen LogP contribution in [0, 0.1) is 17.0 Å². The molecule has 1 amide bonds. The Morgan fingerprint density at radius 2 is 1.78 bits per heavy atom. The van der Waals surface area contributed by atoms with Crippen molar-refractivity contribution in [2.45, 2.75) is 36.5 Å². The molecule has 1 aliphatic carbocycles. The topological polar surface area (TPSA) is 101 Å². The van der Waals surface area contributed by atoms with Crippen molar-refractivity contribution in [1.29, 1.82) is 0 Å². The van der Waals surface area contributed by atoms with Gasteiger partial charge in [-0.1, -0.05) is 36.2 Å².